The monoisotopic (exact) mass is 522 g/mol. The molecule has 0 saturated carbocycles. The second-order valence-electron chi connectivity index (χ2n) is 10.9. The summed E-state index contributed by atoms with van der Waals surface area (Å²) in [5.74, 6) is 1.22. The van der Waals surface area contributed by atoms with Crippen molar-refractivity contribution in [3.63, 3.8) is 0 Å². The number of hydrogen-bond donors (Lipinski definition) is 0. The molecule has 1 aromatic heterocycles. The summed E-state index contributed by atoms with van der Waals surface area (Å²) in [5.41, 5.74) is 6.46. The first kappa shape index (κ1) is 28.8. The molecule has 3 nitrogen and oxygen atoms in total. The molecule has 0 aliphatic carbocycles. The molecule has 0 N–H and O–H groups in total. The molecule has 0 spiro atoms. The lowest BCUT2D eigenvalue weighted by molar-refractivity contribution is 0.217. The summed E-state index contributed by atoms with van der Waals surface area (Å²) in [6.45, 7) is 5.29. The van der Waals surface area contributed by atoms with Gasteiger partial charge in [-0.15, -0.1) is 0 Å². The fourth-order valence-electron chi connectivity index (χ4n) is 5.41. The van der Waals surface area contributed by atoms with Crippen molar-refractivity contribution in [1.29, 1.82) is 0 Å². The minimum atomic E-state index is 0.589. The maximum atomic E-state index is 6.32. The Kier molecular flexibility index (Phi) is 11.8. The third kappa shape index (κ3) is 8.92. The van der Waals surface area contributed by atoms with E-state index in [4.69, 9.17) is 14.7 Å². The predicted octanol–water partition coefficient (Wildman–Crippen LogP) is 10.7. The van der Waals surface area contributed by atoms with Crippen LogP contribution in [-0.2, 0) is 0 Å². The van der Waals surface area contributed by atoms with Gasteiger partial charge in [0.1, 0.15) is 0 Å². The molecule has 1 heterocycles. The van der Waals surface area contributed by atoms with Crippen LogP contribution >= 0.6 is 0 Å². The molecule has 1 atom stereocenters. The molecular weight excluding hydrogens is 476 g/mol. The Labute approximate surface area is 236 Å². The standard InChI is InChI=1S/C36H46N2O/c1-3-5-7-9-10-14-20-29(19-13-8-6-4-2)28-39-36-27-37-34-25-32(30-21-15-11-16-22-30)33(26-35(34)38-36)31-23-17-12-18-24-31/h11-12,15-18,21-27,29H,3-10,13-14,19-20,28H2,1-2H3. The number of benzene rings is 3. The zero-order valence-electron chi connectivity index (χ0n) is 24.1. The van der Waals surface area contributed by atoms with E-state index in [9.17, 15) is 0 Å². The van der Waals surface area contributed by atoms with Gasteiger partial charge in [0, 0.05) is 0 Å². The van der Waals surface area contributed by atoms with Crippen molar-refractivity contribution in [3.05, 3.63) is 79.0 Å². The molecule has 3 aromatic carbocycles. The summed E-state index contributed by atoms with van der Waals surface area (Å²) >= 11 is 0. The van der Waals surface area contributed by atoms with Gasteiger partial charge in [-0.3, -0.25) is 0 Å². The molecule has 1 unspecified atom stereocenters. The van der Waals surface area contributed by atoms with E-state index < -0.39 is 0 Å². The number of fused-ring (bicyclic) bond motifs is 1. The van der Waals surface area contributed by atoms with E-state index in [1.807, 2.05) is 0 Å². The highest BCUT2D eigenvalue weighted by molar-refractivity contribution is 5.93. The van der Waals surface area contributed by atoms with Gasteiger partial charge in [0.05, 0.1) is 23.8 Å². The first-order chi connectivity index (χ1) is 19.3. The van der Waals surface area contributed by atoms with E-state index in [2.05, 4.69) is 86.6 Å². The molecule has 0 aliphatic rings. The Bertz CT molecular complexity index is 1240. The lowest BCUT2D eigenvalue weighted by atomic mass is 9.94. The van der Waals surface area contributed by atoms with Crippen LogP contribution in [0.25, 0.3) is 33.3 Å². The van der Waals surface area contributed by atoms with Gasteiger partial charge in [0.15, 0.2) is 0 Å². The molecule has 4 rings (SSSR count). The second kappa shape index (κ2) is 16.0. The summed E-state index contributed by atoms with van der Waals surface area (Å²) in [4.78, 5) is 9.71. The van der Waals surface area contributed by atoms with E-state index >= 15 is 0 Å². The summed E-state index contributed by atoms with van der Waals surface area (Å²) < 4.78 is 6.32. The van der Waals surface area contributed by atoms with Crippen molar-refractivity contribution < 1.29 is 4.74 Å². The minimum Gasteiger partial charge on any atom is -0.476 e. The van der Waals surface area contributed by atoms with Crippen LogP contribution in [0, 0.1) is 5.92 Å². The average molecular weight is 523 g/mol. The summed E-state index contributed by atoms with van der Waals surface area (Å²) in [6, 6.07) is 25.4. The number of nitrogens with zero attached hydrogens (tertiary/aromatic N) is 2. The van der Waals surface area contributed by atoms with Crippen molar-refractivity contribution in [3.8, 4) is 28.1 Å². The number of rotatable bonds is 17. The van der Waals surface area contributed by atoms with Gasteiger partial charge < -0.3 is 4.74 Å². The molecule has 39 heavy (non-hydrogen) atoms. The number of hydrogen-bond acceptors (Lipinski definition) is 3. The Hall–Kier alpha value is -3.20. The van der Waals surface area contributed by atoms with Crippen LogP contribution in [0.3, 0.4) is 0 Å². The zero-order chi connectivity index (χ0) is 27.1. The highest BCUT2D eigenvalue weighted by atomic mass is 16.5. The lowest BCUT2D eigenvalue weighted by Gasteiger charge is -2.18. The van der Waals surface area contributed by atoms with Gasteiger partial charge in [-0.1, -0.05) is 139 Å². The number of unbranched alkanes of at least 4 members (excludes halogenated alkanes) is 8. The highest BCUT2D eigenvalue weighted by Crippen LogP contribution is 2.35. The van der Waals surface area contributed by atoms with Crippen molar-refractivity contribution in [2.45, 2.75) is 90.9 Å². The Morgan fingerprint density at radius 2 is 1.13 bits per heavy atom. The third-order valence-electron chi connectivity index (χ3n) is 7.73. The van der Waals surface area contributed by atoms with Crippen LogP contribution in [0.2, 0.25) is 0 Å². The molecule has 0 aliphatic heterocycles. The highest BCUT2D eigenvalue weighted by Gasteiger charge is 2.14. The van der Waals surface area contributed by atoms with Crippen molar-refractivity contribution >= 4 is 11.0 Å². The molecule has 0 bridgehead atoms. The predicted molar refractivity (Wildman–Crippen MR) is 166 cm³/mol. The second-order valence-corrected chi connectivity index (χ2v) is 10.9. The maximum Gasteiger partial charge on any atom is 0.232 e. The summed E-state index contributed by atoms with van der Waals surface area (Å²) in [6.07, 6.45) is 17.6. The fourth-order valence-corrected chi connectivity index (χ4v) is 5.41. The van der Waals surface area contributed by atoms with E-state index in [1.54, 1.807) is 6.20 Å². The van der Waals surface area contributed by atoms with Gasteiger partial charge in [-0.25, -0.2) is 9.97 Å². The van der Waals surface area contributed by atoms with Crippen LogP contribution in [-0.4, -0.2) is 16.6 Å². The molecule has 206 valence electrons. The van der Waals surface area contributed by atoms with E-state index in [-0.39, 0.29) is 0 Å². The van der Waals surface area contributed by atoms with Crippen LogP contribution in [0.15, 0.2) is 79.0 Å². The Balaban J connectivity index is 1.49. The van der Waals surface area contributed by atoms with Crippen LogP contribution in [0.4, 0.5) is 0 Å². The van der Waals surface area contributed by atoms with Crippen LogP contribution < -0.4 is 4.74 Å². The van der Waals surface area contributed by atoms with Gasteiger partial charge in [-0.05, 0) is 53.1 Å². The molecular formula is C36H46N2O. The third-order valence-corrected chi connectivity index (χ3v) is 7.73. The zero-order valence-corrected chi connectivity index (χ0v) is 24.1. The number of ether oxygens (including phenoxy) is 1. The van der Waals surface area contributed by atoms with Gasteiger partial charge in [0.25, 0.3) is 0 Å². The largest absolute Gasteiger partial charge is 0.476 e. The Morgan fingerprint density at radius 3 is 1.72 bits per heavy atom. The summed E-state index contributed by atoms with van der Waals surface area (Å²) in [7, 11) is 0. The van der Waals surface area contributed by atoms with Crippen LogP contribution in [0.5, 0.6) is 5.88 Å². The first-order valence-electron chi connectivity index (χ1n) is 15.3. The first-order valence-corrected chi connectivity index (χ1v) is 15.3. The molecule has 0 radical (unpaired) electrons. The van der Waals surface area contributed by atoms with Crippen LogP contribution in [0.1, 0.15) is 90.9 Å². The molecule has 0 saturated heterocycles. The van der Waals surface area contributed by atoms with Gasteiger partial charge >= 0.3 is 0 Å². The van der Waals surface area contributed by atoms with E-state index in [1.165, 1.54) is 93.7 Å². The van der Waals surface area contributed by atoms with Gasteiger partial charge in [-0.2, -0.15) is 0 Å². The van der Waals surface area contributed by atoms with Gasteiger partial charge in [0.2, 0.25) is 5.88 Å². The smallest absolute Gasteiger partial charge is 0.232 e. The van der Waals surface area contributed by atoms with E-state index in [0.29, 0.717) is 11.8 Å². The molecule has 3 heteroatoms. The molecule has 0 fully saturated rings. The quantitative estimate of drug-likeness (QED) is 0.129. The maximum absolute atomic E-state index is 6.32. The fraction of sp³-hybridized carbons (Fsp3) is 0.444. The topological polar surface area (TPSA) is 35.0 Å². The SMILES string of the molecule is CCCCCCCCC(CCCCCC)COc1cnc2cc(-c3ccccc3)c(-c3ccccc3)cc2n1. The Morgan fingerprint density at radius 1 is 0.615 bits per heavy atom. The molecule has 4 aromatic rings. The van der Waals surface area contributed by atoms with E-state index in [0.717, 1.165) is 23.2 Å². The average Bonchev–Trinajstić information content (AvgIpc) is 2.99. The minimum absolute atomic E-state index is 0.589. The number of aromatic nitrogens is 2. The summed E-state index contributed by atoms with van der Waals surface area (Å²) in [5, 5.41) is 0. The van der Waals surface area contributed by atoms with Crippen molar-refractivity contribution in [1.82, 2.24) is 9.97 Å². The normalized spacial score (nSPS) is 12.1. The molecule has 0 amide bonds. The van der Waals surface area contributed by atoms with Crippen molar-refractivity contribution in [2.75, 3.05) is 6.61 Å². The lowest BCUT2D eigenvalue weighted by Crippen LogP contribution is -2.13. The van der Waals surface area contributed by atoms with Crippen molar-refractivity contribution in [2.24, 2.45) is 5.92 Å².